The highest BCUT2D eigenvalue weighted by Gasteiger charge is 2.07. The van der Waals surface area contributed by atoms with Crippen molar-refractivity contribution in [3.63, 3.8) is 0 Å². The summed E-state index contributed by atoms with van der Waals surface area (Å²) in [6.07, 6.45) is 1.89. The first-order valence-electron chi connectivity index (χ1n) is 7.14. The molecule has 2 rings (SSSR count). The Morgan fingerprint density at radius 3 is 2.62 bits per heavy atom. The molecule has 1 heterocycles. The first kappa shape index (κ1) is 16.0. The largest absolute Gasteiger partial charge is 0.457 e. The van der Waals surface area contributed by atoms with E-state index in [9.17, 15) is 0 Å². The molecule has 0 aliphatic carbocycles. The maximum Gasteiger partial charge on any atom is 0.135 e. The smallest absolute Gasteiger partial charge is 0.135 e. The number of rotatable bonds is 6. The van der Waals surface area contributed by atoms with Crippen LogP contribution in [0.15, 0.2) is 41.0 Å². The predicted molar refractivity (Wildman–Crippen MR) is 89.7 cm³/mol. The van der Waals surface area contributed by atoms with Gasteiger partial charge >= 0.3 is 0 Å². The fraction of sp³-hybridized carbons (Fsp3) is 0.353. The van der Waals surface area contributed by atoms with E-state index in [1.54, 1.807) is 0 Å². The van der Waals surface area contributed by atoms with Crippen molar-refractivity contribution >= 4 is 15.9 Å². The summed E-state index contributed by atoms with van der Waals surface area (Å²) in [5.74, 6) is 2.31. The van der Waals surface area contributed by atoms with E-state index < -0.39 is 0 Å². The molecule has 1 N–H and O–H groups in total. The molecule has 1 aromatic carbocycles. The average Bonchev–Trinajstić information content (AvgIpc) is 2.43. The van der Waals surface area contributed by atoms with Gasteiger partial charge in [0.2, 0.25) is 0 Å². The fourth-order valence-corrected chi connectivity index (χ4v) is 2.18. The second kappa shape index (κ2) is 7.57. The number of pyridine rings is 1. The van der Waals surface area contributed by atoms with E-state index in [0.717, 1.165) is 40.3 Å². The second-order valence-corrected chi connectivity index (χ2v) is 6.43. The predicted octanol–water partition coefficient (Wildman–Crippen LogP) is 4.69. The third-order valence-electron chi connectivity index (χ3n) is 2.99. The van der Waals surface area contributed by atoms with E-state index >= 15 is 0 Å². The maximum atomic E-state index is 6.00. The van der Waals surface area contributed by atoms with Gasteiger partial charge in [-0.05, 0) is 43.7 Å². The second-order valence-electron chi connectivity index (χ2n) is 5.51. The van der Waals surface area contributed by atoms with Gasteiger partial charge in [-0.2, -0.15) is 0 Å². The Hall–Kier alpha value is -1.39. The number of ether oxygens (including phenoxy) is 1. The quantitative estimate of drug-likeness (QED) is 0.822. The number of nitrogens with zero attached hydrogens (tertiary/aromatic N) is 1. The molecule has 4 heteroatoms. The Bertz CT molecular complexity index is 582. The van der Waals surface area contributed by atoms with Gasteiger partial charge in [0.05, 0.1) is 0 Å². The van der Waals surface area contributed by atoms with Crippen LogP contribution in [0.2, 0.25) is 0 Å². The third kappa shape index (κ3) is 5.14. The molecule has 0 saturated carbocycles. The monoisotopic (exact) mass is 348 g/mol. The van der Waals surface area contributed by atoms with Gasteiger partial charge in [0, 0.05) is 34.5 Å². The molecule has 0 amide bonds. The van der Waals surface area contributed by atoms with Crippen LogP contribution in [0.1, 0.15) is 25.1 Å². The lowest BCUT2D eigenvalue weighted by Gasteiger charge is -2.13. The minimum absolute atomic E-state index is 0.624. The van der Waals surface area contributed by atoms with E-state index in [4.69, 9.17) is 4.74 Å². The van der Waals surface area contributed by atoms with E-state index in [-0.39, 0.29) is 0 Å². The summed E-state index contributed by atoms with van der Waals surface area (Å²) in [4.78, 5) is 4.37. The third-order valence-corrected chi connectivity index (χ3v) is 3.52. The first-order chi connectivity index (χ1) is 10.0. The van der Waals surface area contributed by atoms with Gasteiger partial charge in [0.15, 0.2) is 0 Å². The number of halogens is 1. The van der Waals surface area contributed by atoms with Gasteiger partial charge in [0.1, 0.15) is 11.5 Å². The lowest BCUT2D eigenvalue weighted by Crippen LogP contribution is -2.19. The van der Waals surface area contributed by atoms with Crippen LogP contribution in [0.4, 0.5) is 0 Å². The molecule has 112 valence electrons. The highest BCUT2D eigenvalue weighted by atomic mass is 79.9. The van der Waals surface area contributed by atoms with Gasteiger partial charge in [0.25, 0.3) is 0 Å². The number of hydrogen-bond acceptors (Lipinski definition) is 3. The number of hydrogen-bond donors (Lipinski definition) is 1. The molecule has 0 unspecified atom stereocenters. The van der Waals surface area contributed by atoms with Crippen molar-refractivity contribution in [2.24, 2.45) is 5.92 Å². The minimum Gasteiger partial charge on any atom is -0.457 e. The van der Waals surface area contributed by atoms with Gasteiger partial charge < -0.3 is 10.1 Å². The Morgan fingerprint density at radius 2 is 1.95 bits per heavy atom. The van der Waals surface area contributed by atoms with Crippen LogP contribution >= 0.6 is 15.9 Å². The van der Waals surface area contributed by atoms with E-state index in [1.807, 2.05) is 43.5 Å². The van der Waals surface area contributed by atoms with Crippen molar-refractivity contribution in [2.45, 2.75) is 27.3 Å². The summed E-state index contributed by atoms with van der Waals surface area (Å²) in [5.41, 5.74) is 2.03. The van der Waals surface area contributed by atoms with Crippen molar-refractivity contribution in [1.82, 2.24) is 10.3 Å². The van der Waals surface area contributed by atoms with Crippen molar-refractivity contribution in [1.29, 1.82) is 0 Å². The summed E-state index contributed by atoms with van der Waals surface area (Å²) in [6.45, 7) is 8.10. The molecule has 0 aliphatic heterocycles. The minimum atomic E-state index is 0.624. The lowest BCUT2D eigenvalue weighted by atomic mass is 10.2. The zero-order valence-corrected chi connectivity index (χ0v) is 14.3. The first-order valence-corrected chi connectivity index (χ1v) is 7.93. The molecule has 0 bridgehead atoms. The molecule has 0 radical (unpaired) electrons. The van der Waals surface area contributed by atoms with Gasteiger partial charge in [-0.3, -0.25) is 4.98 Å². The van der Waals surface area contributed by atoms with Crippen molar-refractivity contribution in [3.05, 3.63) is 52.3 Å². The molecular formula is C17H21BrN2O. The van der Waals surface area contributed by atoms with Crippen molar-refractivity contribution in [3.8, 4) is 11.5 Å². The van der Waals surface area contributed by atoms with Crippen LogP contribution in [0.3, 0.4) is 0 Å². The number of benzene rings is 1. The van der Waals surface area contributed by atoms with Crippen LogP contribution < -0.4 is 10.1 Å². The Balaban J connectivity index is 2.12. The van der Waals surface area contributed by atoms with Crippen LogP contribution in [-0.4, -0.2) is 11.5 Å². The maximum absolute atomic E-state index is 6.00. The standard InChI is InChI=1S/C17H21BrN2O/c1-12(2)9-19-10-14-11-20-13(3)8-17(14)21-16-6-4-15(18)5-7-16/h4-8,11-12,19H,9-10H2,1-3H3. The van der Waals surface area contributed by atoms with Gasteiger partial charge in [-0.15, -0.1) is 0 Å². The van der Waals surface area contributed by atoms with Crippen LogP contribution in [-0.2, 0) is 6.54 Å². The molecule has 21 heavy (non-hydrogen) atoms. The fourth-order valence-electron chi connectivity index (χ4n) is 1.92. The summed E-state index contributed by atoms with van der Waals surface area (Å²) in [7, 11) is 0. The summed E-state index contributed by atoms with van der Waals surface area (Å²) in [6, 6.07) is 9.82. The highest BCUT2D eigenvalue weighted by molar-refractivity contribution is 9.10. The number of nitrogens with one attached hydrogen (secondary N) is 1. The molecule has 3 nitrogen and oxygen atoms in total. The number of aryl methyl sites for hydroxylation is 1. The summed E-state index contributed by atoms with van der Waals surface area (Å²) < 4.78 is 7.04. The SMILES string of the molecule is Cc1cc(Oc2ccc(Br)cc2)c(CNCC(C)C)cn1. The van der Waals surface area contributed by atoms with Crippen molar-refractivity contribution < 1.29 is 4.74 Å². The Labute approximate surface area is 134 Å². The summed E-state index contributed by atoms with van der Waals surface area (Å²) in [5, 5.41) is 3.43. The zero-order chi connectivity index (χ0) is 15.2. The Kier molecular flexibility index (Phi) is 5.76. The van der Waals surface area contributed by atoms with E-state index in [2.05, 4.69) is 40.1 Å². The molecule has 0 fully saturated rings. The molecule has 1 aromatic heterocycles. The van der Waals surface area contributed by atoms with Crippen LogP contribution in [0, 0.1) is 12.8 Å². The van der Waals surface area contributed by atoms with E-state index in [0.29, 0.717) is 5.92 Å². The van der Waals surface area contributed by atoms with Crippen LogP contribution in [0.25, 0.3) is 0 Å². The topological polar surface area (TPSA) is 34.1 Å². The Morgan fingerprint density at radius 1 is 1.24 bits per heavy atom. The zero-order valence-electron chi connectivity index (χ0n) is 12.7. The lowest BCUT2D eigenvalue weighted by molar-refractivity contribution is 0.467. The highest BCUT2D eigenvalue weighted by Crippen LogP contribution is 2.26. The summed E-state index contributed by atoms with van der Waals surface area (Å²) >= 11 is 3.43. The van der Waals surface area contributed by atoms with E-state index in [1.165, 1.54) is 0 Å². The molecule has 0 aliphatic rings. The molecular weight excluding hydrogens is 328 g/mol. The van der Waals surface area contributed by atoms with Gasteiger partial charge in [-0.1, -0.05) is 29.8 Å². The van der Waals surface area contributed by atoms with Gasteiger partial charge in [-0.25, -0.2) is 0 Å². The normalized spacial score (nSPS) is 10.9. The average molecular weight is 349 g/mol. The molecule has 0 atom stereocenters. The number of aromatic nitrogens is 1. The van der Waals surface area contributed by atoms with Crippen LogP contribution in [0.5, 0.6) is 11.5 Å². The molecule has 0 spiro atoms. The molecule has 0 saturated heterocycles. The van der Waals surface area contributed by atoms with Crippen molar-refractivity contribution in [2.75, 3.05) is 6.54 Å². The molecule has 2 aromatic rings.